The first kappa shape index (κ1) is 18.6. The van der Waals surface area contributed by atoms with Gasteiger partial charge in [0.1, 0.15) is 0 Å². The second kappa shape index (κ2) is 8.48. The number of carbonyl (C=O) groups is 1. The van der Waals surface area contributed by atoms with Crippen LogP contribution in [0.3, 0.4) is 0 Å². The van der Waals surface area contributed by atoms with Crippen LogP contribution in [0.5, 0.6) is 0 Å². The fourth-order valence-corrected chi connectivity index (χ4v) is 4.45. The number of rotatable bonds is 7. The molecule has 140 valence electrons. The van der Waals surface area contributed by atoms with Gasteiger partial charge in [-0.3, -0.25) is 9.69 Å². The molecule has 1 aromatic heterocycles. The second-order valence-corrected chi connectivity index (χ2v) is 8.18. The molecule has 7 nitrogen and oxygen atoms in total. The molecule has 1 amide bonds. The van der Waals surface area contributed by atoms with Gasteiger partial charge in [-0.25, -0.2) is 8.42 Å². The molecule has 0 saturated carbocycles. The molecule has 2 aromatic rings. The Kier molecular flexibility index (Phi) is 6.08. The van der Waals surface area contributed by atoms with Crippen molar-refractivity contribution in [1.29, 1.82) is 0 Å². The summed E-state index contributed by atoms with van der Waals surface area (Å²) in [6.07, 6.45) is 1.46. The Labute approximate surface area is 153 Å². The maximum atomic E-state index is 12.5. The topological polar surface area (TPSA) is 82.9 Å². The van der Waals surface area contributed by atoms with Gasteiger partial charge in [0.15, 0.2) is 5.76 Å². The summed E-state index contributed by atoms with van der Waals surface area (Å²) in [6.45, 7) is 3.44. The number of hydrogen-bond donors (Lipinski definition) is 1. The number of sulfonamides is 1. The Bertz CT molecular complexity index is 798. The summed E-state index contributed by atoms with van der Waals surface area (Å²) in [5.41, 5.74) is 0.801. The molecule has 0 bridgehead atoms. The van der Waals surface area contributed by atoms with Crippen molar-refractivity contribution in [2.75, 3.05) is 39.3 Å². The zero-order valence-corrected chi connectivity index (χ0v) is 15.3. The van der Waals surface area contributed by atoms with Crippen LogP contribution in [0, 0.1) is 0 Å². The van der Waals surface area contributed by atoms with Gasteiger partial charge in [-0.1, -0.05) is 30.3 Å². The highest BCUT2D eigenvalue weighted by atomic mass is 32.2. The first-order valence-electron chi connectivity index (χ1n) is 8.60. The van der Waals surface area contributed by atoms with Crippen LogP contribution >= 0.6 is 0 Å². The van der Waals surface area contributed by atoms with Crippen molar-refractivity contribution in [1.82, 2.24) is 14.5 Å². The summed E-state index contributed by atoms with van der Waals surface area (Å²) >= 11 is 0. The van der Waals surface area contributed by atoms with Crippen LogP contribution in [0.25, 0.3) is 0 Å². The molecular weight excluding hydrogens is 354 g/mol. The smallest absolute Gasteiger partial charge is 0.287 e. The van der Waals surface area contributed by atoms with E-state index in [2.05, 4.69) is 10.2 Å². The van der Waals surface area contributed by atoms with Crippen molar-refractivity contribution in [2.24, 2.45) is 0 Å². The number of amides is 1. The van der Waals surface area contributed by atoms with E-state index in [-0.39, 0.29) is 11.7 Å². The van der Waals surface area contributed by atoms with E-state index in [4.69, 9.17) is 4.42 Å². The monoisotopic (exact) mass is 377 g/mol. The van der Waals surface area contributed by atoms with Gasteiger partial charge in [0.2, 0.25) is 10.0 Å². The summed E-state index contributed by atoms with van der Waals surface area (Å²) < 4.78 is 31.7. The molecule has 1 N–H and O–H groups in total. The molecule has 0 spiro atoms. The molecule has 0 atom stereocenters. The van der Waals surface area contributed by atoms with Crippen LogP contribution < -0.4 is 5.32 Å². The van der Waals surface area contributed by atoms with E-state index in [0.29, 0.717) is 45.0 Å². The number of furan rings is 1. The maximum absolute atomic E-state index is 12.5. The molecule has 0 aliphatic carbocycles. The lowest BCUT2D eigenvalue weighted by Gasteiger charge is -2.34. The number of hydrogen-bond acceptors (Lipinski definition) is 5. The van der Waals surface area contributed by atoms with Crippen LogP contribution in [0.2, 0.25) is 0 Å². The summed E-state index contributed by atoms with van der Waals surface area (Å²) in [5, 5.41) is 2.80. The summed E-state index contributed by atoms with van der Waals surface area (Å²) in [6, 6.07) is 12.5. The number of carbonyl (C=O) groups excluding carboxylic acids is 1. The van der Waals surface area contributed by atoms with Crippen molar-refractivity contribution < 1.29 is 17.6 Å². The minimum Gasteiger partial charge on any atom is -0.459 e. The van der Waals surface area contributed by atoms with Gasteiger partial charge in [0, 0.05) is 39.3 Å². The van der Waals surface area contributed by atoms with E-state index in [0.717, 1.165) is 5.56 Å². The summed E-state index contributed by atoms with van der Waals surface area (Å²) in [4.78, 5) is 13.9. The molecule has 1 aromatic carbocycles. The second-order valence-electron chi connectivity index (χ2n) is 6.22. The average molecular weight is 377 g/mol. The third-order valence-electron chi connectivity index (χ3n) is 4.38. The van der Waals surface area contributed by atoms with E-state index < -0.39 is 10.0 Å². The molecule has 1 fully saturated rings. The highest BCUT2D eigenvalue weighted by Crippen LogP contribution is 2.13. The molecule has 3 rings (SSSR count). The third kappa shape index (κ3) is 4.94. The molecule has 1 saturated heterocycles. The highest BCUT2D eigenvalue weighted by molar-refractivity contribution is 7.88. The van der Waals surface area contributed by atoms with Gasteiger partial charge in [0.25, 0.3) is 5.91 Å². The molecule has 0 radical (unpaired) electrons. The number of nitrogens with one attached hydrogen (secondary N) is 1. The molecule has 0 unspecified atom stereocenters. The van der Waals surface area contributed by atoms with E-state index in [1.165, 1.54) is 6.26 Å². The fourth-order valence-electron chi connectivity index (χ4n) is 2.93. The molecular formula is C18H23N3O4S. The van der Waals surface area contributed by atoms with Gasteiger partial charge < -0.3 is 9.73 Å². The average Bonchev–Trinajstić information content (AvgIpc) is 3.17. The zero-order valence-electron chi connectivity index (χ0n) is 14.5. The van der Waals surface area contributed by atoms with Gasteiger partial charge in [0.05, 0.1) is 12.0 Å². The lowest BCUT2D eigenvalue weighted by atomic mass is 10.2. The van der Waals surface area contributed by atoms with E-state index >= 15 is 0 Å². The standard InChI is InChI=1S/C18H23N3O4S/c22-18(17-7-4-14-25-17)19-8-9-20-10-12-21(13-11-20)26(23,24)15-16-5-2-1-3-6-16/h1-7,14H,8-13,15H2,(H,19,22). The largest absolute Gasteiger partial charge is 0.459 e. The minimum absolute atomic E-state index is 0.0348. The fraction of sp³-hybridized carbons (Fsp3) is 0.389. The summed E-state index contributed by atoms with van der Waals surface area (Å²) in [5.74, 6) is 0.0912. The molecule has 26 heavy (non-hydrogen) atoms. The van der Waals surface area contributed by atoms with Crippen molar-refractivity contribution in [3.63, 3.8) is 0 Å². The molecule has 8 heteroatoms. The van der Waals surface area contributed by atoms with Gasteiger partial charge in [-0.05, 0) is 17.7 Å². The van der Waals surface area contributed by atoms with Crippen molar-refractivity contribution in [3.05, 3.63) is 60.1 Å². The normalized spacial score (nSPS) is 16.5. The predicted molar refractivity (Wildman–Crippen MR) is 98.1 cm³/mol. The van der Waals surface area contributed by atoms with Gasteiger partial charge in [-0.2, -0.15) is 4.31 Å². The number of benzene rings is 1. The van der Waals surface area contributed by atoms with Crippen LogP contribution in [0.4, 0.5) is 0 Å². The summed E-state index contributed by atoms with van der Waals surface area (Å²) in [7, 11) is -3.30. The zero-order chi connectivity index (χ0) is 18.4. The SMILES string of the molecule is O=C(NCCN1CCN(S(=O)(=O)Cc2ccccc2)CC1)c1ccco1. The first-order chi connectivity index (χ1) is 12.5. The third-order valence-corrected chi connectivity index (χ3v) is 6.23. The van der Waals surface area contributed by atoms with Crippen LogP contribution in [-0.2, 0) is 15.8 Å². The van der Waals surface area contributed by atoms with E-state index in [1.807, 2.05) is 30.3 Å². The van der Waals surface area contributed by atoms with E-state index in [1.54, 1.807) is 16.4 Å². The Hall–Kier alpha value is -2.16. The Balaban J connectivity index is 1.41. The van der Waals surface area contributed by atoms with Gasteiger partial charge in [-0.15, -0.1) is 0 Å². The molecule has 1 aliphatic heterocycles. The van der Waals surface area contributed by atoms with Crippen LogP contribution in [-0.4, -0.2) is 62.8 Å². The Morgan fingerprint density at radius 2 is 1.77 bits per heavy atom. The Morgan fingerprint density at radius 3 is 2.42 bits per heavy atom. The molecule has 1 aliphatic rings. The number of nitrogens with zero attached hydrogens (tertiary/aromatic N) is 2. The van der Waals surface area contributed by atoms with Crippen molar-refractivity contribution in [3.8, 4) is 0 Å². The Morgan fingerprint density at radius 1 is 1.04 bits per heavy atom. The first-order valence-corrected chi connectivity index (χ1v) is 10.2. The van der Waals surface area contributed by atoms with E-state index in [9.17, 15) is 13.2 Å². The molecule has 2 heterocycles. The predicted octanol–water partition coefficient (Wildman–Crippen LogP) is 1.16. The highest BCUT2D eigenvalue weighted by Gasteiger charge is 2.26. The van der Waals surface area contributed by atoms with Crippen molar-refractivity contribution in [2.45, 2.75) is 5.75 Å². The van der Waals surface area contributed by atoms with Crippen LogP contribution in [0.15, 0.2) is 53.1 Å². The van der Waals surface area contributed by atoms with Crippen molar-refractivity contribution >= 4 is 15.9 Å². The number of piperazine rings is 1. The quantitative estimate of drug-likeness (QED) is 0.783. The maximum Gasteiger partial charge on any atom is 0.287 e. The van der Waals surface area contributed by atoms with Gasteiger partial charge >= 0.3 is 0 Å². The lowest BCUT2D eigenvalue weighted by molar-refractivity contribution is 0.0917. The lowest BCUT2D eigenvalue weighted by Crippen LogP contribution is -2.50. The minimum atomic E-state index is -3.30. The van der Waals surface area contributed by atoms with Crippen LogP contribution in [0.1, 0.15) is 16.1 Å².